The van der Waals surface area contributed by atoms with Crippen molar-refractivity contribution in [2.45, 2.75) is 18.3 Å². The lowest BCUT2D eigenvalue weighted by atomic mass is 10.1. The number of nitrogens with one attached hydrogen (secondary N) is 1. The summed E-state index contributed by atoms with van der Waals surface area (Å²) in [4.78, 5) is 12.9. The minimum Gasteiger partial charge on any atom is -0.392 e. The minimum absolute atomic E-state index is 0.0189. The van der Waals surface area contributed by atoms with E-state index in [1.54, 1.807) is 0 Å². The monoisotopic (exact) mass is 301 g/mol. The number of halogens is 4. The molecule has 0 saturated carbocycles. The summed E-state index contributed by atoms with van der Waals surface area (Å²) in [5.41, 5.74) is -0.632. The first-order chi connectivity index (χ1) is 7.37. The molecule has 16 heavy (non-hydrogen) atoms. The molecule has 4 nitrogen and oxygen atoms in total. The van der Waals surface area contributed by atoms with E-state index in [1.165, 1.54) is 0 Å². The van der Waals surface area contributed by atoms with E-state index in [0.717, 1.165) is 6.07 Å². The fourth-order valence-electron chi connectivity index (χ4n) is 1.11. The van der Waals surface area contributed by atoms with Gasteiger partial charge in [-0.05, 0) is 5.56 Å². The Morgan fingerprint density at radius 3 is 2.56 bits per heavy atom. The average Bonchev–Trinajstić information content (AvgIpc) is 2.14. The van der Waals surface area contributed by atoms with Crippen LogP contribution in [-0.2, 0) is 11.9 Å². The minimum atomic E-state index is -4.89. The Hall–Kier alpha value is -1.02. The lowest BCUT2D eigenvalue weighted by Crippen LogP contribution is -2.22. The van der Waals surface area contributed by atoms with Crippen molar-refractivity contribution in [3.05, 3.63) is 27.5 Å². The molecule has 0 spiro atoms. The van der Waals surface area contributed by atoms with Crippen LogP contribution in [0.15, 0.2) is 10.9 Å². The van der Waals surface area contributed by atoms with Gasteiger partial charge in [0, 0.05) is 17.0 Å². The van der Waals surface area contributed by atoms with Gasteiger partial charge in [-0.15, -0.1) is 13.2 Å². The van der Waals surface area contributed by atoms with Crippen LogP contribution in [0.3, 0.4) is 0 Å². The second-order valence-electron chi connectivity index (χ2n) is 2.81. The highest BCUT2D eigenvalue weighted by molar-refractivity contribution is 9.08. The molecule has 1 heterocycles. The highest BCUT2D eigenvalue weighted by Gasteiger charge is 2.33. The molecule has 0 aliphatic heterocycles. The second-order valence-corrected chi connectivity index (χ2v) is 3.37. The standard InChI is InChI=1S/C8H7BrF3NO3/c9-2-5-4(3-14)1-6(15)13-7(5)16-8(10,11)12/h1,14H,2-3H2,(H,13,15). The van der Waals surface area contributed by atoms with Crippen LogP contribution in [0.1, 0.15) is 11.1 Å². The predicted octanol–water partition coefficient (Wildman–Crippen LogP) is 1.66. The number of aliphatic hydroxyl groups is 1. The van der Waals surface area contributed by atoms with E-state index in [9.17, 15) is 18.0 Å². The number of hydrogen-bond acceptors (Lipinski definition) is 3. The van der Waals surface area contributed by atoms with Gasteiger partial charge in [-0.2, -0.15) is 0 Å². The zero-order chi connectivity index (χ0) is 12.3. The van der Waals surface area contributed by atoms with Crippen LogP contribution in [0, 0.1) is 0 Å². The molecular weight excluding hydrogens is 295 g/mol. The predicted molar refractivity (Wildman–Crippen MR) is 52.3 cm³/mol. The SMILES string of the molecule is O=c1cc(CO)c(CBr)c(OC(F)(F)F)[nH]1. The Labute approximate surface area is 96.2 Å². The van der Waals surface area contributed by atoms with Gasteiger partial charge in [-0.25, -0.2) is 0 Å². The number of H-pyrrole nitrogens is 1. The Balaban J connectivity index is 3.26. The van der Waals surface area contributed by atoms with E-state index in [0.29, 0.717) is 0 Å². The maximum atomic E-state index is 12.0. The van der Waals surface area contributed by atoms with Crippen LogP contribution < -0.4 is 10.3 Å². The summed E-state index contributed by atoms with van der Waals surface area (Å²) < 4.78 is 39.7. The lowest BCUT2D eigenvalue weighted by Gasteiger charge is -2.13. The molecule has 0 saturated heterocycles. The van der Waals surface area contributed by atoms with Crippen molar-refractivity contribution in [3.63, 3.8) is 0 Å². The van der Waals surface area contributed by atoms with Crippen LogP contribution in [0.25, 0.3) is 0 Å². The summed E-state index contributed by atoms with van der Waals surface area (Å²) in [6, 6.07) is 1.01. The third-order valence-electron chi connectivity index (χ3n) is 1.73. The Morgan fingerprint density at radius 2 is 2.12 bits per heavy atom. The molecule has 1 rings (SSSR count). The number of aromatic amines is 1. The summed E-state index contributed by atoms with van der Waals surface area (Å²) in [5.74, 6) is -0.707. The molecule has 0 amide bonds. The quantitative estimate of drug-likeness (QED) is 0.835. The summed E-state index contributed by atoms with van der Waals surface area (Å²) >= 11 is 2.95. The largest absolute Gasteiger partial charge is 0.574 e. The Bertz CT molecular complexity index is 430. The Kier molecular flexibility index (Phi) is 3.98. The van der Waals surface area contributed by atoms with Gasteiger partial charge in [0.1, 0.15) is 0 Å². The molecule has 8 heteroatoms. The number of aromatic nitrogens is 1. The third-order valence-corrected chi connectivity index (χ3v) is 2.29. The van der Waals surface area contributed by atoms with Gasteiger partial charge in [0.05, 0.1) is 6.61 Å². The highest BCUT2D eigenvalue weighted by atomic mass is 79.9. The van der Waals surface area contributed by atoms with Crippen LogP contribution >= 0.6 is 15.9 Å². The van der Waals surface area contributed by atoms with Crippen molar-refractivity contribution < 1.29 is 23.0 Å². The maximum Gasteiger partial charge on any atom is 0.574 e. The first-order valence-electron chi connectivity index (χ1n) is 4.05. The molecule has 0 atom stereocenters. The molecule has 0 fully saturated rings. The van der Waals surface area contributed by atoms with E-state index in [1.807, 2.05) is 4.98 Å². The van der Waals surface area contributed by atoms with E-state index in [2.05, 4.69) is 20.7 Å². The number of hydrogen-bond donors (Lipinski definition) is 2. The summed E-state index contributed by atoms with van der Waals surface area (Å²) in [7, 11) is 0. The number of ether oxygens (including phenoxy) is 1. The molecule has 0 aliphatic rings. The molecule has 1 aromatic rings. The summed E-state index contributed by atoms with van der Waals surface area (Å²) in [6.07, 6.45) is -4.89. The molecule has 0 bridgehead atoms. The molecule has 0 aliphatic carbocycles. The number of rotatable bonds is 3. The first-order valence-corrected chi connectivity index (χ1v) is 5.17. The van der Waals surface area contributed by atoms with Crippen LogP contribution in [-0.4, -0.2) is 16.5 Å². The van der Waals surface area contributed by atoms with Crippen LogP contribution in [0.5, 0.6) is 5.88 Å². The molecule has 90 valence electrons. The van der Waals surface area contributed by atoms with Crippen molar-refractivity contribution >= 4 is 15.9 Å². The number of aliphatic hydroxyl groups excluding tert-OH is 1. The van der Waals surface area contributed by atoms with Crippen molar-refractivity contribution in [1.29, 1.82) is 0 Å². The third kappa shape index (κ3) is 3.24. The van der Waals surface area contributed by atoms with Crippen LogP contribution in [0.2, 0.25) is 0 Å². The molecular formula is C8H7BrF3NO3. The fraction of sp³-hybridized carbons (Fsp3) is 0.375. The number of alkyl halides is 4. The van der Waals surface area contributed by atoms with E-state index in [4.69, 9.17) is 5.11 Å². The average molecular weight is 302 g/mol. The van der Waals surface area contributed by atoms with Crippen molar-refractivity contribution in [1.82, 2.24) is 4.98 Å². The zero-order valence-corrected chi connectivity index (χ0v) is 9.35. The summed E-state index contributed by atoms with van der Waals surface area (Å²) in [6.45, 7) is -0.543. The van der Waals surface area contributed by atoms with Gasteiger partial charge < -0.3 is 9.84 Å². The van der Waals surface area contributed by atoms with Gasteiger partial charge >= 0.3 is 6.36 Å². The topological polar surface area (TPSA) is 62.3 Å². The Morgan fingerprint density at radius 1 is 1.50 bits per heavy atom. The molecule has 0 unspecified atom stereocenters. The van der Waals surface area contributed by atoms with Crippen molar-refractivity contribution in [3.8, 4) is 5.88 Å². The zero-order valence-electron chi connectivity index (χ0n) is 7.77. The van der Waals surface area contributed by atoms with Crippen molar-refractivity contribution in [2.24, 2.45) is 0 Å². The van der Waals surface area contributed by atoms with Gasteiger partial charge in [0.15, 0.2) is 0 Å². The van der Waals surface area contributed by atoms with E-state index < -0.39 is 24.4 Å². The smallest absolute Gasteiger partial charge is 0.392 e. The highest BCUT2D eigenvalue weighted by Crippen LogP contribution is 2.26. The van der Waals surface area contributed by atoms with Crippen molar-refractivity contribution in [2.75, 3.05) is 0 Å². The fourth-order valence-corrected chi connectivity index (χ4v) is 1.72. The normalized spacial score (nSPS) is 11.6. The van der Waals surface area contributed by atoms with Gasteiger partial charge in [0.2, 0.25) is 5.88 Å². The molecule has 0 radical (unpaired) electrons. The van der Waals surface area contributed by atoms with Crippen LogP contribution in [0.4, 0.5) is 13.2 Å². The molecule has 1 aromatic heterocycles. The summed E-state index contributed by atoms with van der Waals surface area (Å²) in [5, 5.41) is 8.91. The maximum absolute atomic E-state index is 12.0. The van der Waals surface area contributed by atoms with E-state index >= 15 is 0 Å². The first kappa shape index (κ1) is 13.0. The van der Waals surface area contributed by atoms with Gasteiger partial charge in [-0.1, -0.05) is 15.9 Å². The molecule has 2 N–H and O–H groups in total. The van der Waals surface area contributed by atoms with E-state index in [-0.39, 0.29) is 16.5 Å². The molecule has 0 aromatic carbocycles. The number of pyridine rings is 1. The van der Waals surface area contributed by atoms with Gasteiger partial charge in [0.25, 0.3) is 5.56 Å². The second kappa shape index (κ2) is 4.88. The lowest BCUT2D eigenvalue weighted by molar-refractivity contribution is -0.276. The van der Waals surface area contributed by atoms with Gasteiger partial charge in [-0.3, -0.25) is 9.78 Å².